The molecule has 28 heavy (non-hydrogen) atoms. The van der Waals surface area contributed by atoms with Crippen LogP contribution in [0.25, 0.3) is 10.9 Å². The van der Waals surface area contributed by atoms with Gasteiger partial charge in [-0.05, 0) is 48.2 Å². The molecule has 0 aliphatic carbocycles. The van der Waals surface area contributed by atoms with E-state index < -0.39 is 0 Å². The van der Waals surface area contributed by atoms with Gasteiger partial charge in [-0.1, -0.05) is 32.0 Å². The fourth-order valence-corrected chi connectivity index (χ4v) is 3.16. The standard InChI is InChI=1S/C22H21N3O3/c1-14(2)9-16-11-18(17-5-3-4-6-19(17)24-16)22(26)25-23-12-15-7-8-20-21(10-15)28-13-27-20/h3-8,10-12,14H,9,13H2,1-2H3,(H,25,26)/b23-12-. The fourth-order valence-electron chi connectivity index (χ4n) is 3.16. The van der Waals surface area contributed by atoms with Crippen LogP contribution in [0.4, 0.5) is 0 Å². The van der Waals surface area contributed by atoms with Crippen LogP contribution in [0.15, 0.2) is 53.6 Å². The maximum absolute atomic E-state index is 12.8. The van der Waals surface area contributed by atoms with E-state index in [-0.39, 0.29) is 12.7 Å². The Labute approximate surface area is 163 Å². The van der Waals surface area contributed by atoms with E-state index in [0.717, 1.165) is 28.6 Å². The van der Waals surface area contributed by atoms with Crippen molar-refractivity contribution in [3.8, 4) is 11.5 Å². The number of ether oxygens (including phenoxy) is 2. The van der Waals surface area contributed by atoms with Crippen molar-refractivity contribution < 1.29 is 14.3 Å². The summed E-state index contributed by atoms with van der Waals surface area (Å²) in [5, 5.41) is 4.91. The van der Waals surface area contributed by atoms with E-state index in [1.807, 2.05) is 48.5 Å². The topological polar surface area (TPSA) is 72.8 Å². The first-order chi connectivity index (χ1) is 13.6. The lowest BCUT2D eigenvalue weighted by molar-refractivity contribution is 0.0956. The van der Waals surface area contributed by atoms with Crippen LogP contribution in [0.3, 0.4) is 0 Å². The number of aromatic nitrogens is 1. The van der Waals surface area contributed by atoms with Gasteiger partial charge in [-0.25, -0.2) is 5.43 Å². The van der Waals surface area contributed by atoms with Crippen molar-refractivity contribution in [1.82, 2.24) is 10.4 Å². The number of nitrogens with one attached hydrogen (secondary N) is 1. The number of para-hydroxylation sites is 1. The van der Waals surface area contributed by atoms with Crippen molar-refractivity contribution in [2.75, 3.05) is 6.79 Å². The zero-order valence-electron chi connectivity index (χ0n) is 15.8. The highest BCUT2D eigenvalue weighted by atomic mass is 16.7. The largest absolute Gasteiger partial charge is 0.454 e. The third-order valence-corrected chi connectivity index (χ3v) is 4.41. The van der Waals surface area contributed by atoms with Crippen LogP contribution in [0, 0.1) is 5.92 Å². The highest BCUT2D eigenvalue weighted by Gasteiger charge is 2.14. The first kappa shape index (κ1) is 18.0. The van der Waals surface area contributed by atoms with E-state index in [1.54, 1.807) is 6.21 Å². The summed E-state index contributed by atoms with van der Waals surface area (Å²) in [7, 11) is 0. The minimum atomic E-state index is -0.263. The molecule has 4 rings (SSSR count). The third kappa shape index (κ3) is 3.81. The van der Waals surface area contributed by atoms with Gasteiger partial charge < -0.3 is 9.47 Å². The smallest absolute Gasteiger partial charge is 0.272 e. The predicted octanol–water partition coefficient (Wildman–Crippen LogP) is 3.93. The summed E-state index contributed by atoms with van der Waals surface area (Å²) in [5.41, 5.74) is 5.71. The quantitative estimate of drug-likeness (QED) is 0.542. The molecule has 2 aromatic carbocycles. The van der Waals surface area contributed by atoms with E-state index in [1.165, 1.54) is 0 Å². The number of hydrogen-bond donors (Lipinski definition) is 1. The van der Waals surface area contributed by atoms with E-state index in [9.17, 15) is 4.79 Å². The molecule has 2 heterocycles. The molecule has 1 amide bonds. The molecule has 1 aromatic heterocycles. The molecule has 0 unspecified atom stereocenters. The fraction of sp³-hybridized carbons (Fsp3) is 0.227. The second-order valence-electron chi connectivity index (χ2n) is 7.09. The number of amides is 1. The summed E-state index contributed by atoms with van der Waals surface area (Å²) < 4.78 is 10.6. The summed E-state index contributed by atoms with van der Waals surface area (Å²) in [6, 6.07) is 15.0. The van der Waals surface area contributed by atoms with Crippen LogP contribution in [0.1, 0.15) is 35.5 Å². The van der Waals surface area contributed by atoms with Crippen LogP contribution in [-0.4, -0.2) is 23.9 Å². The molecular weight excluding hydrogens is 354 g/mol. The van der Waals surface area contributed by atoms with Gasteiger partial charge in [0.1, 0.15) is 0 Å². The number of hydrazone groups is 1. The number of pyridine rings is 1. The molecule has 6 heteroatoms. The van der Waals surface area contributed by atoms with Gasteiger partial charge in [0.25, 0.3) is 5.91 Å². The lowest BCUT2D eigenvalue weighted by Gasteiger charge is -2.10. The average molecular weight is 375 g/mol. The molecule has 6 nitrogen and oxygen atoms in total. The molecule has 0 saturated carbocycles. The Morgan fingerprint density at radius 1 is 1.18 bits per heavy atom. The van der Waals surface area contributed by atoms with Gasteiger partial charge in [-0.2, -0.15) is 5.10 Å². The molecule has 1 aliphatic rings. The van der Waals surface area contributed by atoms with Gasteiger partial charge in [0.05, 0.1) is 17.3 Å². The molecule has 142 valence electrons. The van der Waals surface area contributed by atoms with Crippen molar-refractivity contribution in [1.29, 1.82) is 0 Å². The van der Waals surface area contributed by atoms with Crippen LogP contribution in [0.5, 0.6) is 11.5 Å². The summed E-state index contributed by atoms with van der Waals surface area (Å²) >= 11 is 0. The van der Waals surface area contributed by atoms with Gasteiger partial charge in [0, 0.05) is 11.1 Å². The van der Waals surface area contributed by atoms with Gasteiger partial charge >= 0.3 is 0 Å². The SMILES string of the molecule is CC(C)Cc1cc(C(=O)N/N=C\c2ccc3c(c2)OCO3)c2ccccc2n1. The van der Waals surface area contributed by atoms with Crippen molar-refractivity contribution in [3.05, 3.63) is 65.4 Å². The molecule has 0 spiro atoms. The second-order valence-corrected chi connectivity index (χ2v) is 7.09. The van der Waals surface area contributed by atoms with Crippen molar-refractivity contribution >= 4 is 23.0 Å². The normalized spacial score (nSPS) is 12.8. The monoisotopic (exact) mass is 375 g/mol. The van der Waals surface area contributed by atoms with E-state index >= 15 is 0 Å². The molecule has 0 radical (unpaired) electrons. The number of carbonyl (C=O) groups is 1. The lowest BCUT2D eigenvalue weighted by atomic mass is 10.0. The Morgan fingerprint density at radius 2 is 2.00 bits per heavy atom. The van der Waals surface area contributed by atoms with Crippen molar-refractivity contribution in [2.45, 2.75) is 20.3 Å². The number of nitrogens with zero attached hydrogens (tertiary/aromatic N) is 2. The predicted molar refractivity (Wildman–Crippen MR) is 108 cm³/mol. The Morgan fingerprint density at radius 3 is 2.86 bits per heavy atom. The molecule has 1 aliphatic heterocycles. The Balaban J connectivity index is 1.56. The van der Waals surface area contributed by atoms with Gasteiger partial charge in [-0.15, -0.1) is 0 Å². The Bertz CT molecular complexity index is 1060. The number of fused-ring (bicyclic) bond motifs is 2. The Hall–Kier alpha value is -3.41. The van der Waals surface area contributed by atoms with Crippen LogP contribution in [0.2, 0.25) is 0 Å². The van der Waals surface area contributed by atoms with Gasteiger partial charge in [0.15, 0.2) is 11.5 Å². The van der Waals surface area contributed by atoms with Crippen molar-refractivity contribution in [3.63, 3.8) is 0 Å². The lowest BCUT2D eigenvalue weighted by Crippen LogP contribution is -2.19. The number of rotatable bonds is 5. The highest BCUT2D eigenvalue weighted by molar-refractivity contribution is 6.06. The molecule has 3 aromatic rings. The zero-order chi connectivity index (χ0) is 19.5. The molecule has 0 fully saturated rings. The molecule has 1 N–H and O–H groups in total. The average Bonchev–Trinajstić information content (AvgIpc) is 3.14. The Kier molecular flexibility index (Phi) is 4.93. The minimum Gasteiger partial charge on any atom is -0.454 e. The second kappa shape index (κ2) is 7.68. The zero-order valence-corrected chi connectivity index (χ0v) is 15.8. The van der Waals surface area contributed by atoms with Gasteiger partial charge in [-0.3, -0.25) is 9.78 Å². The van der Waals surface area contributed by atoms with E-state index in [0.29, 0.717) is 23.0 Å². The van der Waals surface area contributed by atoms with Crippen LogP contribution in [-0.2, 0) is 6.42 Å². The maximum Gasteiger partial charge on any atom is 0.272 e. The summed E-state index contributed by atoms with van der Waals surface area (Å²) in [6.45, 7) is 4.49. The van der Waals surface area contributed by atoms with E-state index in [4.69, 9.17) is 9.47 Å². The first-order valence-corrected chi connectivity index (χ1v) is 9.22. The molecule has 0 saturated heterocycles. The number of hydrogen-bond acceptors (Lipinski definition) is 5. The summed E-state index contributed by atoms with van der Waals surface area (Å²) in [4.78, 5) is 17.5. The third-order valence-electron chi connectivity index (χ3n) is 4.41. The number of benzene rings is 2. The molecule has 0 bridgehead atoms. The maximum atomic E-state index is 12.8. The van der Waals surface area contributed by atoms with Crippen molar-refractivity contribution in [2.24, 2.45) is 11.0 Å². The summed E-state index contributed by atoms with van der Waals surface area (Å²) in [5.74, 6) is 1.57. The van der Waals surface area contributed by atoms with Crippen LogP contribution < -0.4 is 14.9 Å². The number of carbonyl (C=O) groups excluding carboxylic acids is 1. The minimum absolute atomic E-state index is 0.223. The highest BCUT2D eigenvalue weighted by Crippen LogP contribution is 2.32. The van der Waals surface area contributed by atoms with E-state index in [2.05, 4.69) is 29.4 Å². The van der Waals surface area contributed by atoms with Crippen LogP contribution >= 0.6 is 0 Å². The molecule has 0 atom stereocenters. The molecular formula is C22H21N3O3. The van der Waals surface area contributed by atoms with Gasteiger partial charge in [0.2, 0.25) is 6.79 Å². The summed E-state index contributed by atoms with van der Waals surface area (Å²) in [6.07, 6.45) is 2.39. The first-order valence-electron chi connectivity index (χ1n) is 9.22.